The zero-order chi connectivity index (χ0) is 13.8. The lowest BCUT2D eigenvalue weighted by Crippen LogP contribution is -1.93. The number of carbonyl (C=O) groups excluding carboxylic acids is 1. The van der Waals surface area contributed by atoms with Crippen molar-refractivity contribution in [1.29, 1.82) is 0 Å². The Labute approximate surface area is 110 Å². The highest BCUT2D eigenvalue weighted by atomic mass is 16.5. The summed E-state index contributed by atoms with van der Waals surface area (Å²) < 4.78 is 5.09. The Morgan fingerprint density at radius 2 is 1.68 bits per heavy atom. The first-order chi connectivity index (χ1) is 9.13. The molecule has 0 aliphatic heterocycles. The molecular weight excluding hydrogens is 244 g/mol. The highest BCUT2D eigenvalue weighted by molar-refractivity contribution is 5.75. The maximum Gasteiger partial charge on any atom is 0.150 e. The second-order valence-electron chi connectivity index (χ2n) is 4.18. The number of phenolic OH excluding ortho intramolecular Hbond substituents is 2. The van der Waals surface area contributed by atoms with Crippen molar-refractivity contribution in [2.75, 3.05) is 7.11 Å². The molecular formula is C15H14O4. The Morgan fingerprint density at radius 3 is 2.32 bits per heavy atom. The molecule has 2 aromatic carbocycles. The van der Waals surface area contributed by atoms with E-state index in [9.17, 15) is 15.0 Å². The lowest BCUT2D eigenvalue weighted by molar-refractivity contribution is 0.112. The molecule has 0 bridgehead atoms. The molecule has 0 spiro atoms. The molecule has 0 saturated heterocycles. The number of carbonyl (C=O) groups is 1. The van der Waals surface area contributed by atoms with Crippen LogP contribution in [0.15, 0.2) is 36.4 Å². The van der Waals surface area contributed by atoms with E-state index in [-0.39, 0.29) is 11.5 Å². The van der Waals surface area contributed by atoms with Crippen molar-refractivity contribution in [3.63, 3.8) is 0 Å². The lowest BCUT2D eigenvalue weighted by Gasteiger charge is -2.09. The third-order valence-electron chi connectivity index (χ3n) is 2.91. The fourth-order valence-corrected chi connectivity index (χ4v) is 1.86. The molecule has 2 aromatic rings. The highest BCUT2D eigenvalue weighted by Crippen LogP contribution is 2.28. The van der Waals surface area contributed by atoms with Gasteiger partial charge in [0, 0.05) is 17.5 Å². The largest absolute Gasteiger partial charge is 0.508 e. The molecule has 2 rings (SSSR count). The molecule has 19 heavy (non-hydrogen) atoms. The maximum atomic E-state index is 10.7. The summed E-state index contributed by atoms with van der Waals surface area (Å²) in [6, 6.07) is 9.49. The van der Waals surface area contributed by atoms with Gasteiger partial charge in [-0.25, -0.2) is 0 Å². The minimum atomic E-state index is 0.0906. The first-order valence-corrected chi connectivity index (χ1v) is 5.77. The van der Waals surface area contributed by atoms with Gasteiger partial charge in [-0.2, -0.15) is 0 Å². The number of methoxy groups -OCH3 is 1. The van der Waals surface area contributed by atoms with Gasteiger partial charge in [0.15, 0.2) is 0 Å². The van der Waals surface area contributed by atoms with Crippen LogP contribution in [0.3, 0.4) is 0 Å². The highest BCUT2D eigenvalue weighted by Gasteiger charge is 2.08. The van der Waals surface area contributed by atoms with Crippen molar-refractivity contribution in [3.8, 4) is 17.2 Å². The van der Waals surface area contributed by atoms with Gasteiger partial charge < -0.3 is 14.9 Å². The van der Waals surface area contributed by atoms with Gasteiger partial charge in [0.05, 0.1) is 7.11 Å². The maximum absolute atomic E-state index is 10.7. The van der Waals surface area contributed by atoms with Crippen molar-refractivity contribution in [2.24, 2.45) is 0 Å². The second kappa shape index (κ2) is 5.44. The number of phenols is 2. The van der Waals surface area contributed by atoms with Gasteiger partial charge in [0.1, 0.15) is 23.5 Å². The van der Waals surface area contributed by atoms with Gasteiger partial charge in [-0.3, -0.25) is 4.79 Å². The summed E-state index contributed by atoms with van der Waals surface area (Å²) in [4.78, 5) is 10.7. The first kappa shape index (κ1) is 13.0. The minimum absolute atomic E-state index is 0.0906. The fourth-order valence-electron chi connectivity index (χ4n) is 1.86. The van der Waals surface area contributed by atoms with Gasteiger partial charge in [-0.05, 0) is 42.0 Å². The molecule has 0 radical (unpaired) electrons. The Balaban J connectivity index is 2.37. The number of hydrogen-bond donors (Lipinski definition) is 2. The van der Waals surface area contributed by atoms with Crippen LogP contribution in [-0.2, 0) is 6.42 Å². The van der Waals surface area contributed by atoms with E-state index in [1.165, 1.54) is 18.2 Å². The molecule has 0 heterocycles. The summed E-state index contributed by atoms with van der Waals surface area (Å²) in [7, 11) is 1.54. The summed E-state index contributed by atoms with van der Waals surface area (Å²) >= 11 is 0. The quantitative estimate of drug-likeness (QED) is 0.827. The van der Waals surface area contributed by atoms with Crippen molar-refractivity contribution >= 4 is 6.29 Å². The topological polar surface area (TPSA) is 66.8 Å². The van der Waals surface area contributed by atoms with Crippen LogP contribution in [-0.4, -0.2) is 23.6 Å². The number of hydrogen-bond acceptors (Lipinski definition) is 4. The molecule has 0 unspecified atom stereocenters. The average Bonchev–Trinajstić information content (AvgIpc) is 2.43. The van der Waals surface area contributed by atoms with Gasteiger partial charge in [0.25, 0.3) is 0 Å². The van der Waals surface area contributed by atoms with Crippen LogP contribution in [0.5, 0.6) is 17.2 Å². The van der Waals surface area contributed by atoms with E-state index < -0.39 is 0 Å². The number of rotatable bonds is 4. The van der Waals surface area contributed by atoms with E-state index in [1.807, 2.05) is 0 Å². The Kier molecular flexibility index (Phi) is 3.71. The van der Waals surface area contributed by atoms with E-state index in [1.54, 1.807) is 25.3 Å². The smallest absolute Gasteiger partial charge is 0.150 e. The Morgan fingerprint density at radius 1 is 1.05 bits per heavy atom. The zero-order valence-corrected chi connectivity index (χ0v) is 10.5. The summed E-state index contributed by atoms with van der Waals surface area (Å²) in [6.45, 7) is 0. The molecule has 0 amide bonds. The molecule has 4 heteroatoms. The van der Waals surface area contributed by atoms with Crippen molar-refractivity contribution in [1.82, 2.24) is 0 Å². The minimum Gasteiger partial charge on any atom is -0.508 e. The molecule has 4 nitrogen and oxygen atoms in total. The average molecular weight is 258 g/mol. The van der Waals surface area contributed by atoms with Crippen molar-refractivity contribution in [3.05, 3.63) is 53.1 Å². The van der Waals surface area contributed by atoms with Crippen LogP contribution >= 0.6 is 0 Å². The molecule has 0 aliphatic rings. The van der Waals surface area contributed by atoms with Gasteiger partial charge in [0.2, 0.25) is 0 Å². The summed E-state index contributed by atoms with van der Waals surface area (Å²) in [5.41, 5.74) is 1.68. The van der Waals surface area contributed by atoms with Crippen molar-refractivity contribution in [2.45, 2.75) is 6.42 Å². The molecule has 0 fully saturated rings. The molecule has 0 atom stereocenters. The standard InChI is InChI=1S/C15H14O4/c1-19-13-3-5-15(18)12(8-13)7-11-6-10(9-16)2-4-14(11)17/h2-6,8-9,17-18H,7H2,1H3. The monoisotopic (exact) mass is 258 g/mol. The Hall–Kier alpha value is -2.49. The number of ether oxygens (including phenoxy) is 1. The van der Waals surface area contributed by atoms with Gasteiger partial charge >= 0.3 is 0 Å². The van der Waals surface area contributed by atoms with E-state index in [0.717, 1.165) is 0 Å². The lowest BCUT2D eigenvalue weighted by atomic mass is 10.0. The fraction of sp³-hybridized carbons (Fsp3) is 0.133. The third kappa shape index (κ3) is 2.85. The predicted octanol–water partition coefficient (Wildman–Crippen LogP) is 2.51. The summed E-state index contributed by atoms with van der Waals surface area (Å²) in [5.74, 6) is 0.836. The van der Waals surface area contributed by atoms with Crippen LogP contribution in [0.25, 0.3) is 0 Å². The van der Waals surface area contributed by atoms with E-state index in [0.29, 0.717) is 35.1 Å². The SMILES string of the molecule is COc1ccc(O)c(Cc2cc(C=O)ccc2O)c1. The Bertz CT molecular complexity index is 605. The van der Waals surface area contributed by atoms with Crippen LogP contribution in [0.1, 0.15) is 21.5 Å². The van der Waals surface area contributed by atoms with Crippen molar-refractivity contribution < 1.29 is 19.7 Å². The van der Waals surface area contributed by atoms with E-state index >= 15 is 0 Å². The molecule has 2 N–H and O–H groups in total. The summed E-state index contributed by atoms with van der Waals surface area (Å²) in [6.07, 6.45) is 1.03. The van der Waals surface area contributed by atoms with Gasteiger partial charge in [-0.1, -0.05) is 0 Å². The van der Waals surface area contributed by atoms with Crippen LogP contribution < -0.4 is 4.74 Å². The first-order valence-electron chi connectivity index (χ1n) is 5.77. The number of aldehydes is 1. The molecule has 0 saturated carbocycles. The molecule has 0 aliphatic carbocycles. The number of aromatic hydroxyl groups is 2. The van der Waals surface area contributed by atoms with Crippen LogP contribution in [0, 0.1) is 0 Å². The van der Waals surface area contributed by atoms with E-state index in [4.69, 9.17) is 4.74 Å². The molecule has 98 valence electrons. The molecule has 0 aromatic heterocycles. The van der Waals surface area contributed by atoms with Gasteiger partial charge in [-0.15, -0.1) is 0 Å². The normalized spacial score (nSPS) is 10.2. The van der Waals surface area contributed by atoms with Crippen LogP contribution in [0.2, 0.25) is 0 Å². The zero-order valence-electron chi connectivity index (χ0n) is 10.5. The predicted molar refractivity (Wildman–Crippen MR) is 71.0 cm³/mol. The summed E-state index contributed by atoms with van der Waals surface area (Å²) in [5, 5.41) is 19.6. The van der Waals surface area contributed by atoms with Crippen LogP contribution in [0.4, 0.5) is 0 Å². The number of benzene rings is 2. The van der Waals surface area contributed by atoms with E-state index in [2.05, 4.69) is 0 Å². The third-order valence-corrected chi connectivity index (χ3v) is 2.91. The second-order valence-corrected chi connectivity index (χ2v) is 4.18.